The van der Waals surface area contributed by atoms with Gasteiger partial charge in [-0.05, 0) is 24.1 Å². The number of allylic oxidation sites excluding steroid dienone is 3. The Labute approximate surface area is 136 Å². The van der Waals surface area contributed by atoms with Crippen molar-refractivity contribution in [1.82, 2.24) is 14.9 Å². The molecule has 0 spiro atoms. The summed E-state index contributed by atoms with van der Waals surface area (Å²) in [5.74, 6) is 0. The summed E-state index contributed by atoms with van der Waals surface area (Å²) in [6, 6.07) is 4.12. The molecule has 0 amide bonds. The van der Waals surface area contributed by atoms with E-state index in [2.05, 4.69) is 52.3 Å². The van der Waals surface area contributed by atoms with Crippen molar-refractivity contribution in [3.05, 3.63) is 48.3 Å². The standard InChI is InChI=1S/C19H23N3O/c1-19(14-22-9-11-23-12-10-22)6-4-15(5-7-19)17-13-21-18-16(17)3-2-8-20-18/h2-6,8,13H,7,9-12,14H2,1H3,(H,20,21). The van der Waals surface area contributed by atoms with Gasteiger partial charge in [0.25, 0.3) is 0 Å². The van der Waals surface area contributed by atoms with Crippen LogP contribution in [-0.4, -0.2) is 47.7 Å². The van der Waals surface area contributed by atoms with Gasteiger partial charge in [0.2, 0.25) is 0 Å². The third-order valence-corrected chi connectivity index (χ3v) is 4.90. The largest absolute Gasteiger partial charge is 0.379 e. The Balaban J connectivity index is 1.51. The van der Waals surface area contributed by atoms with Crippen molar-refractivity contribution in [2.45, 2.75) is 13.3 Å². The highest BCUT2D eigenvalue weighted by Crippen LogP contribution is 2.35. The van der Waals surface area contributed by atoms with Crippen LogP contribution in [0.3, 0.4) is 0 Å². The van der Waals surface area contributed by atoms with Gasteiger partial charge in [0.1, 0.15) is 5.65 Å². The van der Waals surface area contributed by atoms with Crippen molar-refractivity contribution in [2.75, 3.05) is 32.8 Å². The van der Waals surface area contributed by atoms with E-state index in [1.807, 2.05) is 12.3 Å². The van der Waals surface area contributed by atoms with Crippen molar-refractivity contribution in [2.24, 2.45) is 5.41 Å². The monoisotopic (exact) mass is 309 g/mol. The normalized spacial score (nSPS) is 25.7. The van der Waals surface area contributed by atoms with Crippen LogP contribution in [0.25, 0.3) is 16.6 Å². The van der Waals surface area contributed by atoms with Gasteiger partial charge in [0.05, 0.1) is 13.2 Å². The zero-order valence-corrected chi connectivity index (χ0v) is 13.6. The number of fused-ring (bicyclic) bond motifs is 1. The summed E-state index contributed by atoms with van der Waals surface area (Å²) < 4.78 is 5.45. The Morgan fingerprint density at radius 1 is 1.35 bits per heavy atom. The second-order valence-corrected chi connectivity index (χ2v) is 6.84. The molecular formula is C19H23N3O. The first-order chi connectivity index (χ1) is 11.2. The zero-order valence-electron chi connectivity index (χ0n) is 13.6. The van der Waals surface area contributed by atoms with Crippen LogP contribution < -0.4 is 0 Å². The van der Waals surface area contributed by atoms with Crippen LogP contribution in [0.2, 0.25) is 0 Å². The first kappa shape index (κ1) is 14.7. The molecule has 0 aromatic carbocycles. The maximum atomic E-state index is 5.45. The molecule has 4 rings (SSSR count). The van der Waals surface area contributed by atoms with Crippen molar-refractivity contribution in [3.63, 3.8) is 0 Å². The minimum Gasteiger partial charge on any atom is -0.379 e. The van der Waals surface area contributed by atoms with E-state index >= 15 is 0 Å². The first-order valence-electron chi connectivity index (χ1n) is 8.36. The molecule has 1 aliphatic heterocycles. The minimum atomic E-state index is 0.213. The lowest BCUT2D eigenvalue weighted by molar-refractivity contribution is 0.0251. The molecule has 2 aliphatic rings. The third-order valence-electron chi connectivity index (χ3n) is 4.90. The highest BCUT2D eigenvalue weighted by molar-refractivity contribution is 5.93. The van der Waals surface area contributed by atoms with E-state index in [4.69, 9.17) is 4.74 Å². The number of aromatic nitrogens is 2. The van der Waals surface area contributed by atoms with E-state index in [1.165, 1.54) is 16.5 Å². The molecule has 2 aromatic heterocycles. The molecule has 23 heavy (non-hydrogen) atoms. The van der Waals surface area contributed by atoms with Crippen LogP contribution in [0.1, 0.15) is 18.9 Å². The fourth-order valence-electron chi connectivity index (χ4n) is 3.55. The molecule has 0 saturated carbocycles. The van der Waals surface area contributed by atoms with E-state index in [-0.39, 0.29) is 5.41 Å². The van der Waals surface area contributed by atoms with Crippen LogP contribution >= 0.6 is 0 Å². The number of H-pyrrole nitrogens is 1. The Morgan fingerprint density at radius 3 is 3.00 bits per heavy atom. The summed E-state index contributed by atoms with van der Waals surface area (Å²) in [7, 11) is 0. The molecule has 120 valence electrons. The van der Waals surface area contributed by atoms with Gasteiger partial charge >= 0.3 is 0 Å². The third kappa shape index (κ3) is 2.96. The van der Waals surface area contributed by atoms with E-state index in [0.29, 0.717) is 0 Å². The molecular weight excluding hydrogens is 286 g/mol. The second kappa shape index (κ2) is 5.95. The van der Waals surface area contributed by atoms with E-state index in [0.717, 1.165) is 44.9 Å². The quantitative estimate of drug-likeness (QED) is 0.946. The number of ether oxygens (including phenoxy) is 1. The molecule has 4 nitrogen and oxygen atoms in total. The molecule has 0 bridgehead atoms. The predicted molar refractivity (Wildman–Crippen MR) is 93.2 cm³/mol. The molecule has 1 fully saturated rings. The summed E-state index contributed by atoms with van der Waals surface area (Å²) >= 11 is 0. The van der Waals surface area contributed by atoms with Gasteiger partial charge in [-0.15, -0.1) is 0 Å². The maximum absolute atomic E-state index is 5.45. The van der Waals surface area contributed by atoms with Crippen molar-refractivity contribution in [1.29, 1.82) is 0 Å². The van der Waals surface area contributed by atoms with Gasteiger partial charge in [-0.2, -0.15) is 0 Å². The number of nitrogens with one attached hydrogen (secondary N) is 1. The van der Waals surface area contributed by atoms with Gasteiger partial charge in [-0.3, -0.25) is 4.90 Å². The molecule has 3 heterocycles. The van der Waals surface area contributed by atoms with Crippen LogP contribution in [0, 0.1) is 5.41 Å². The summed E-state index contributed by atoms with van der Waals surface area (Å²) in [5, 5.41) is 1.19. The molecule has 4 heteroatoms. The highest BCUT2D eigenvalue weighted by atomic mass is 16.5. The smallest absolute Gasteiger partial charge is 0.137 e. The van der Waals surface area contributed by atoms with Gasteiger partial charge in [0, 0.05) is 48.4 Å². The first-order valence-corrected chi connectivity index (χ1v) is 8.36. The van der Waals surface area contributed by atoms with Crippen molar-refractivity contribution >= 4 is 16.6 Å². The SMILES string of the molecule is CC1(CN2CCOCC2)C=CC(c2c[nH]c3ncccc23)=CC1. The fraction of sp³-hybridized carbons (Fsp3) is 0.421. The van der Waals surface area contributed by atoms with E-state index < -0.39 is 0 Å². The number of morpholine rings is 1. The molecule has 1 aliphatic carbocycles. The lowest BCUT2D eigenvalue weighted by Crippen LogP contribution is -2.42. The number of hydrogen-bond acceptors (Lipinski definition) is 3. The van der Waals surface area contributed by atoms with Crippen LogP contribution in [0.15, 0.2) is 42.8 Å². The summed E-state index contributed by atoms with van der Waals surface area (Å²) in [6.07, 6.45) is 12.0. The molecule has 0 radical (unpaired) electrons. The van der Waals surface area contributed by atoms with Gasteiger partial charge < -0.3 is 9.72 Å². The zero-order chi connectivity index (χ0) is 15.7. The Hall–Kier alpha value is -1.91. The van der Waals surface area contributed by atoms with Crippen LogP contribution in [0.5, 0.6) is 0 Å². The highest BCUT2D eigenvalue weighted by Gasteiger charge is 2.27. The lowest BCUT2D eigenvalue weighted by Gasteiger charge is -2.36. The lowest BCUT2D eigenvalue weighted by atomic mass is 9.80. The Morgan fingerprint density at radius 2 is 2.22 bits per heavy atom. The second-order valence-electron chi connectivity index (χ2n) is 6.84. The van der Waals surface area contributed by atoms with Crippen LogP contribution in [-0.2, 0) is 4.74 Å². The van der Waals surface area contributed by atoms with E-state index in [9.17, 15) is 0 Å². The molecule has 1 atom stereocenters. The Kier molecular flexibility index (Phi) is 3.79. The summed E-state index contributed by atoms with van der Waals surface area (Å²) in [4.78, 5) is 10.2. The minimum absolute atomic E-state index is 0.213. The average molecular weight is 309 g/mol. The van der Waals surface area contributed by atoms with Crippen molar-refractivity contribution < 1.29 is 4.74 Å². The number of nitrogens with zero attached hydrogens (tertiary/aromatic N) is 2. The number of hydrogen-bond donors (Lipinski definition) is 1. The number of pyridine rings is 1. The molecule has 1 saturated heterocycles. The van der Waals surface area contributed by atoms with Gasteiger partial charge in [-0.1, -0.05) is 25.2 Å². The molecule has 1 N–H and O–H groups in total. The summed E-state index contributed by atoms with van der Waals surface area (Å²) in [5.41, 5.74) is 3.71. The fourth-order valence-corrected chi connectivity index (χ4v) is 3.55. The predicted octanol–water partition coefficient (Wildman–Crippen LogP) is 3.24. The van der Waals surface area contributed by atoms with Gasteiger partial charge in [0.15, 0.2) is 0 Å². The van der Waals surface area contributed by atoms with Gasteiger partial charge in [-0.25, -0.2) is 4.98 Å². The Bertz CT molecular complexity index is 755. The summed E-state index contributed by atoms with van der Waals surface area (Å²) in [6.45, 7) is 7.28. The van der Waals surface area contributed by atoms with E-state index in [1.54, 1.807) is 0 Å². The topological polar surface area (TPSA) is 41.1 Å². The van der Waals surface area contributed by atoms with Crippen molar-refractivity contribution in [3.8, 4) is 0 Å². The number of rotatable bonds is 3. The number of aromatic amines is 1. The van der Waals surface area contributed by atoms with Crippen LogP contribution in [0.4, 0.5) is 0 Å². The maximum Gasteiger partial charge on any atom is 0.137 e. The molecule has 2 aromatic rings. The average Bonchev–Trinajstić information content (AvgIpc) is 3.00. The molecule has 1 unspecified atom stereocenters.